The van der Waals surface area contributed by atoms with E-state index in [1.165, 1.54) is 4.31 Å². The molecule has 1 N–H and O–H groups in total. The highest BCUT2D eigenvalue weighted by atomic mass is 32.2. The monoisotopic (exact) mass is 390 g/mol. The highest BCUT2D eigenvalue weighted by Crippen LogP contribution is 2.17. The molecule has 0 aliphatic rings. The molecule has 0 saturated carbocycles. The van der Waals surface area contributed by atoms with Crippen LogP contribution >= 0.6 is 0 Å². The van der Waals surface area contributed by atoms with Crippen LogP contribution in [0.3, 0.4) is 0 Å². The fourth-order valence-electron chi connectivity index (χ4n) is 2.52. The standard InChI is InChI=1S/C20H26N2O4S/c1-15(2)26-19-11-9-18(10-12-19)21-20(23)14-22(27(4,24)25)13-17-8-6-5-7-16(17)3/h5-12,15H,13-14H2,1-4H3,(H,21,23). The van der Waals surface area contributed by atoms with Gasteiger partial charge >= 0.3 is 0 Å². The number of anilines is 1. The Morgan fingerprint density at radius 1 is 1.11 bits per heavy atom. The zero-order chi connectivity index (χ0) is 20.0. The summed E-state index contributed by atoms with van der Waals surface area (Å²) >= 11 is 0. The van der Waals surface area contributed by atoms with Gasteiger partial charge in [0.25, 0.3) is 0 Å². The van der Waals surface area contributed by atoms with Gasteiger partial charge in [-0.2, -0.15) is 4.31 Å². The van der Waals surface area contributed by atoms with Gasteiger partial charge < -0.3 is 10.1 Å². The van der Waals surface area contributed by atoms with Gasteiger partial charge in [-0.1, -0.05) is 24.3 Å². The number of rotatable bonds is 8. The fourth-order valence-corrected chi connectivity index (χ4v) is 3.24. The molecule has 0 unspecified atom stereocenters. The lowest BCUT2D eigenvalue weighted by atomic mass is 10.1. The summed E-state index contributed by atoms with van der Waals surface area (Å²) in [6.07, 6.45) is 1.17. The van der Waals surface area contributed by atoms with Crippen LogP contribution in [0, 0.1) is 6.92 Å². The number of hydrogen-bond donors (Lipinski definition) is 1. The molecule has 0 fully saturated rings. The van der Waals surface area contributed by atoms with Crippen LogP contribution < -0.4 is 10.1 Å². The predicted octanol–water partition coefficient (Wildman–Crippen LogP) is 3.18. The quantitative estimate of drug-likeness (QED) is 0.751. The van der Waals surface area contributed by atoms with E-state index in [2.05, 4.69) is 5.32 Å². The molecule has 0 radical (unpaired) electrons. The van der Waals surface area contributed by atoms with Crippen LogP contribution in [0.15, 0.2) is 48.5 Å². The van der Waals surface area contributed by atoms with Gasteiger partial charge in [0.1, 0.15) is 5.75 Å². The van der Waals surface area contributed by atoms with Crippen LogP contribution in [0.5, 0.6) is 5.75 Å². The zero-order valence-electron chi connectivity index (χ0n) is 16.1. The van der Waals surface area contributed by atoms with Gasteiger partial charge in [0, 0.05) is 12.2 Å². The molecule has 0 aliphatic heterocycles. The van der Waals surface area contributed by atoms with E-state index in [1.807, 2.05) is 45.0 Å². The molecule has 2 aromatic carbocycles. The highest BCUT2D eigenvalue weighted by Gasteiger charge is 2.21. The zero-order valence-corrected chi connectivity index (χ0v) is 16.9. The second-order valence-corrected chi connectivity index (χ2v) is 8.68. The smallest absolute Gasteiger partial charge is 0.239 e. The summed E-state index contributed by atoms with van der Waals surface area (Å²) in [6.45, 7) is 5.68. The lowest BCUT2D eigenvalue weighted by molar-refractivity contribution is -0.116. The van der Waals surface area contributed by atoms with Crippen molar-refractivity contribution in [1.82, 2.24) is 4.31 Å². The lowest BCUT2D eigenvalue weighted by Gasteiger charge is -2.20. The van der Waals surface area contributed by atoms with E-state index < -0.39 is 15.9 Å². The second-order valence-electron chi connectivity index (χ2n) is 6.70. The van der Waals surface area contributed by atoms with Crippen LogP contribution in [-0.4, -0.2) is 37.5 Å². The minimum absolute atomic E-state index is 0.0650. The molecule has 7 heteroatoms. The Bertz CT molecular complexity index is 877. The lowest BCUT2D eigenvalue weighted by Crippen LogP contribution is -2.37. The third kappa shape index (κ3) is 6.69. The molecule has 0 atom stereocenters. The van der Waals surface area contributed by atoms with Crippen molar-refractivity contribution in [3.63, 3.8) is 0 Å². The highest BCUT2D eigenvalue weighted by molar-refractivity contribution is 7.88. The van der Waals surface area contributed by atoms with Crippen molar-refractivity contribution in [3.05, 3.63) is 59.7 Å². The number of aryl methyl sites for hydroxylation is 1. The molecule has 0 aliphatic carbocycles. The fraction of sp³-hybridized carbons (Fsp3) is 0.350. The van der Waals surface area contributed by atoms with Crippen molar-refractivity contribution in [2.24, 2.45) is 0 Å². The summed E-state index contributed by atoms with van der Waals surface area (Å²) in [5.41, 5.74) is 2.43. The van der Waals surface area contributed by atoms with Crippen LogP contribution in [0.2, 0.25) is 0 Å². The third-order valence-electron chi connectivity index (χ3n) is 3.91. The molecule has 6 nitrogen and oxygen atoms in total. The number of amides is 1. The molecule has 0 aromatic heterocycles. The van der Waals surface area contributed by atoms with Crippen molar-refractivity contribution < 1.29 is 17.9 Å². The summed E-state index contributed by atoms with van der Waals surface area (Å²) in [5, 5.41) is 2.72. The van der Waals surface area contributed by atoms with E-state index >= 15 is 0 Å². The summed E-state index contributed by atoms with van der Waals surface area (Å²) < 4.78 is 31.0. The first-order chi connectivity index (χ1) is 12.6. The minimum atomic E-state index is -3.53. The van der Waals surface area contributed by atoms with E-state index in [4.69, 9.17) is 4.74 Å². The molecule has 27 heavy (non-hydrogen) atoms. The SMILES string of the molecule is Cc1ccccc1CN(CC(=O)Nc1ccc(OC(C)C)cc1)S(C)(=O)=O. The van der Waals surface area contributed by atoms with Crippen molar-refractivity contribution >= 4 is 21.6 Å². The normalized spacial score (nSPS) is 11.6. The van der Waals surface area contributed by atoms with Gasteiger partial charge in [0.15, 0.2) is 0 Å². The molecule has 0 heterocycles. The predicted molar refractivity (Wildman–Crippen MR) is 107 cm³/mol. The van der Waals surface area contributed by atoms with Gasteiger partial charge in [-0.15, -0.1) is 0 Å². The number of hydrogen-bond acceptors (Lipinski definition) is 4. The summed E-state index contributed by atoms with van der Waals surface area (Å²) in [4.78, 5) is 12.4. The van der Waals surface area contributed by atoms with Gasteiger partial charge in [-0.25, -0.2) is 8.42 Å². The van der Waals surface area contributed by atoms with E-state index in [-0.39, 0.29) is 19.2 Å². The third-order valence-corrected chi connectivity index (χ3v) is 5.10. The molecule has 146 valence electrons. The van der Waals surface area contributed by atoms with Gasteiger partial charge in [0.05, 0.1) is 18.9 Å². The van der Waals surface area contributed by atoms with Crippen molar-refractivity contribution in [3.8, 4) is 5.75 Å². The maximum Gasteiger partial charge on any atom is 0.239 e. The van der Waals surface area contributed by atoms with E-state index in [9.17, 15) is 13.2 Å². The van der Waals surface area contributed by atoms with Crippen LogP contribution in [0.1, 0.15) is 25.0 Å². The molecule has 2 aromatic rings. The minimum Gasteiger partial charge on any atom is -0.491 e. The van der Waals surface area contributed by atoms with Crippen LogP contribution in [-0.2, 0) is 21.4 Å². The molecule has 1 amide bonds. The van der Waals surface area contributed by atoms with Gasteiger partial charge in [-0.05, 0) is 56.2 Å². The second kappa shape index (κ2) is 9.01. The Hall–Kier alpha value is -2.38. The number of sulfonamides is 1. The average Bonchev–Trinajstić information content (AvgIpc) is 2.56. The van der Waals surface area contributed by atoms with E-state index in [0.717, 1.165) is 17.4 Å². The molecule has 0 spiro atoms. The summed E-state index contributed by atoms with van der Waals surface area (Å²) in [5.74, 6) is 0.312. The Balaban J connectivity index is 2.04. The molecule has 2 rings (SSSR count). The van der Waals surface area contributed by atoms with Gasteiger partial charge in [-0.3, -0.25) is 4.79 Å². The number of carbonyl (C=O) groups excluding carboxylic acids is 1. The van der Waals surface area contributed by atoms with E-state index in [1.54, 1.807) is 24.3 Å². The molecule has 0 saturated heterocycles. The maximum absolute atomic E-state index is 12.4. The number of nitrogens with zero attached hydrogens (tertiary/aromatic N) is 1. The van der Waals surface area contributed by atoms with Crippen LogP contribution in [0.4, 0.5) is 5.69 Å². The maximum atomic E-state index is 12.4. The first-order valence-electron chi connectivity index (χ1n) is 8.71. The number of benzene rings is 2. The van der Waals surface area contributed by atoms with E-state index in [0.29, 0.717) is 11.4 Å². The number of carbonyl (C=O) groups is 1. The molecular weight excluding hydrogens is 364 g/mol. The number of ether oxygens (including phenoxy) is 1. The van der Waals surface area contributed by atoms with Crippen LogP contribution in [0.25, 0.3) is 0 Å². The van der Waals surface area contributed by atoms with Crippen molar-refractivity contribution in [2.75, 3.05) is 18.1 Å². The topological polar surface area (TPSA) is 75.7 Å². The largest absolute Gasteiger partial charge is 0.491 e. The first kappa shape index (κ1) is 20.9. The van der Waals surface area contributed by atoms with Crippen molar-refractivity contribution in [2.45, 2.75) is 33.4 Å². The Morgan fingerprint density at radius 3 is 2.30 bits per heavy atom. The number of nitrogens with one attached hydrogen (secondary N) is 1. The summed E-state index contributed by atoms with van der Waals surface area (Å²) in [6, 6.07) is 14.5. The Labute approximate surface area is 161 Å². The Kier molecular flexibility index (Phi) is 6.98. The Morgan fingerprint density at radius 2 is 1.74 bits per heavy atom. The molecule has 0 bridgehead atoms. The summed E-state index contributed by atoms with van der Waals surface area (Å²) in [7, 11) is -3.53. The van der Waals surface area contributed by atoms with Crippen molar-refractivity contribution in [1.29, 1.82) is 0 Å². The average molecular weight is 391 g/mol. The molecular formula is C20H26N2O4S. The first-order valence-corrected chi connectivity index (χ1v) is 10.6. The van der Waals surface area contributed by atoms with Gasteiger partial charge in [0.2, 0.25) is 15.9 Å².